The average Bonchev–Trinajstić information content (AvgIpc) is 3.44. The molecule has 2 amide bonds. The summed E-state index contributed by atoms with van der Waals surface area (Å²) >= 11 is 0. The Morgan fingerprint density at radius 3 is 1.94 bits per heavy atom. The second-order valence-corrected chi connectivity index (χ2v) is 8.53. The number of rotatable bonds is 3. The molecule has 4 aromatic carbocycles. The maximum absolute atomic E-state index is 13.6. The van der Waals surface area contributed by atoms with E-state index in [9.17, 15) is 14.4 Å². The molecule has 0 saturated heterocycles. The Hall–Kier alpha value is -5.03. The standard InChI is InChI=1S/C31H20N2O3/c34-29(21-11-3-1-4-12-21)32-20-23(24-15-7-9-17-27(24)32)19-26-25-16-8-10-18-28(25)33(31(26)36)30(35)22-13-5-2-6-14-22/h1-20H/b26-19-. The summed E-state index contributed by atoms with van der Waals surface area (Å²) < 4.78 is 1.61. The lowest BCUT2D eigenvalue weighted by molar-refractivity contribution is -0.112. The first-order chi connectivity index (χ1) is 17.6. The topological polar surface area (TPSA) is 59.4 Å². The number of carbonyl (C=O) groups excluding carboxylic acids is 3. The van der Waals surface area contributed by atoms with Gasteiger partial charge in [-0.25, -0.2) is 4.90 Å². The minimum atomic E-state index is -0.392. The molecule has 0 radical (unpaired) electrons. The van der Waals surface area contributed by atoms with Crippen LogP contribution in [-0.4, -0.2) is 22.3 Å². The predicted octanol–water partition coefficient (Wildman–Crippen LogP) is 6.06. The Morgan fingerprint density at radius 1 is 0.639 bits per heavy atom. The first kappa shape index (κ1) is 21.5. The molecule has 0 N–H and O–H groups in total. The Labute approximate surface area is 207 Å². The number of anilines is 1. The lowest BCUT2D eigenvalue weighted by Gasteiger charge is -2.15. The molecule has 36 heavy (non-hydrogen) atoms. The van der Waals surface area contributed by atoms with Crippen LogP contribution in [0, 0.1) is 0 Å². The van der Waals surface area contributed by atoms with E-state index < -0.39 is 5.91 Å². The van der Waals surface area contributed by atoms with Crippen molar-refractivity contribution in [3.05, 3.63) is 138 Å². The molecule has 5 nitrogen and oxygen atoms in total. The minimum Gasteiger partial charge on any atom is -0.283 e. The van der Waals surface area contributed by atoms with Crippen LogP contribution in [0.3, 0.4) is 0 Å². The van der Waals surface area contributed by atoms with Crippen LogP contribution in [-0.2, 0) is 4.79 Å². The third-order valence-corrected chi connectivity index (χ3v) is 6.37. The van der Waals surface area contributed by atoms with Gasteiger partial charge in [0.05, 0.1) is 16.8 Å². The van der Waals surface area contributed by atoms with Gasteiger partial charge in [0.25, 0.3) is 17.7 Å². The second-order valence-electron chi connectivity index (χ2n) is 8.53. The van der Waals surface area contributed by atoms with E-state index in [1.165, 1.54) is 4.90 Å². The Kier molecular flexibility index (Phi) is 5.16. The highest BCUT2D eigenvalue weighted by Crippen LogP contribution is 2.39. The first-order valence-corrected chi connectivity index (χ1v) is 11.6. The van der Waals surface area contributed by atoms with Crippen molar-refractivity contribution in [3.63, 3.8) is 0 Å². The van der Waals surface area contributed by atoms with E-state index in [1.54, 1.807) is 59.3 Å². The normalized spacial score (nSPS) is 13.8. The van der Waals surface area contributed by atoms with Crippen LogP contribution in [0.1, 0.15) is 31.8 Å². The van der Waals surface area contributed by atoms with Gasteiger partial charge in [-0.05, 0) is 42.5 Å². The summed E-state index contributed by atoms with van der Waals surface area (Å²) in [6.07, 6.45) is 3.53. The van der Waals surface area contributed by atoms with Crippen LogP contribution in [0.25, 0.3) is 22.6 Å². The maximum atomic E-state index is 13.6. The zero-order chi connectivity index (χ0) is 24.6. The van der Waals surface area contributed by atoms with Gasteiger partial charge in [-0.2, -0.15) is 0 Å². The third kappa shape index (κ3) is 3.46. The highest BCUT2D eigenvalue weighted by Gasteiger charge is 2.37. The summed E-state index contributed by atoms with van der Waals surface area (Å²) in [4.78, 5) is 41.5. The van der Waals surface area contributed by atoms with Crippen LogP contribution < -0.4 is 4.90 Å². The number of para-hydroxylation sites is 2. The molecule has 0 aliphatic carbocycles. The number of carbonyl (C=O) groups is 3. The Morgan fingerprint density at radius 2 is 1.22 bits per heavy atom. The molecular formula is C31H20N2O3. The number of amides is 2. The van der Waals surface area contributed by atoms with Crippen LogP contribution in [0.2, 0.25) is 0 Å². The van der Waals surface area contributed by atoms with Crippen LogP contribution in [0.15, 0.2) is 115 Å². The van der Waals surface area contributed by atoms with Gasteiger partial charge in [0.15, 0.2) is 0 Å². The van der Waals surface area contributed by atoms with Gasteiger partial charge in [0.1, 0.15) is 0 Å². The molecule has 0 saturated carbocycles. The van der Waals surface area contributed by atoms with Gasteiger partial charge >= 0.3 is 0 Å². The number of hydrogen-bond donors (Lipinski definition) is 0. The van der Waals surface area contributed by atoms with Crippen LogP contribution in [0.5, 0.6) is 0 Å². The fourth-order valence-electron chi connectivity index (χ4n) is 4.66. The summed E-state index contributed by atoms with van der Waals surface area (Å²) in [5.74, 6) is -0.926. The van der Waals surface area contributed by atoms with Crippen molar-refractivity contribution in [1.82, 2.24) is 4.57 Å². The van der Waals surface area contributed by atoms with Crippen molar-refractivity contribution in [2.24, 2.45) is 0 Å². The van der Waals surface area contributed by atoms with Gasteiger partial charge in [-0.1, -0.05) is 72.8 Å². The molecule has 6 rings (SSSR count). The van der Waals surface area contributed by atoms with Gasteiger partial charge in [0.2, 0.25) is 0 Å². The zero-order valence-electron chi connectivity index (χ0n) is 19.2. The zero-order valence-corrected chi connectivity index (χ0v) is 19.2. The van der Waals surface area contributed by atoms with Gasteiger partial charge in [0, 0.05) is 33.8 Å². The molecule has 5 aromatic rings. The molecule has 5 heteroatoms. The molecule has 1 aliphatic heterocycles. The van der Waals surface area contributed by atoms with Gasteiger partial charge < -0.3 is 0 Å². The SMILES string of the molecule is O=C1/C(=C\c2cn(C(=O)c3ccccc3)c3ccccc23)c2ccccc2N1C(=O)c1ccccc1. The molecule has 0 spiro atoms. The van der Waals surface area contributed by atoms with Crippen LogP contribution >= 0.6 is 0 Å². The number of hydrogen-bond acceptors (Lipinski definition) is 3. The number of aromatic nitrogens is 1. The van der Waals surface area contributed by atoms with Crippen molar-refractivity contribution in [3.8, 4) is 0 Å². The maximum Gasteiger partial charge on any atom is 0.266 e. The van der Waals surface area contributed by atoms with Gasteiger partial charge in [-0.15, -0.1) is 0 Å². The highest BCUT2D eigenvalue weighted by molar-refractivity contribution is 6.44. The van der Waals surface area contributed by atoms with E-state index in [2.05, 4.69) is 0 Å². The smallest absolute Gasteiger partial charge is 0.266 e. The molecule has 0 fully saturated rings. The molecule has 1 aromatic heterocycles. The van der Waals surface area contributed by atoms with Crippen molar-refractivity contribution in [1.29, 1.82) is 0 Å². The second kappa shape index (κ2) is 8.64. The molecule has 172 valence electrons. The summed E-state index contributed by atoms with van der Waals surface area (Å²) in [5.41, 5.74) is 4.11. The summed E-state index contributed by atoms with van der Waals surface area (Å²) in [7, 11) is 0. The quantitative estimate of drug-likeness (QED) is 0.239. The average molecular weight is 469 g/mol. The van der Waals surface area contributed by atoms with Crippen molar-refractivity contribution in [2.75, 3.05) is 4.90 Å². The third-order valence-electron chi connectivity index (χ3n) is 6.37. The van der Waals surface area contributed by atoms with Crippen molar-refractivity contribution in [2.45, 2.75) is 0 Å². The molecular weight excluding hydrogens is 448 g/mol. The van der Waals surface area contributed by atoms with E-state index in [1.807, 2.05) is 66.7 Å². The summed E-state index contributed by atoms with van der Waals surface area (Å²) in [6.45, 7) is 0. The Balaban J connectivity index is 1.48. The minimum absolute atomic E-state index is 0.157. The van der Waals surface area contributed by atoms with E-state index in [-0.39, 0.29) is 11.8 Å². The summed E-state index contributed by atoms with van der Waals surface area (Å²) in [5, 5.41) is 0.840. The number of benzene rings is 4. The lowest BCUT2D eigenvalue weighted by Crippen LogP contribution is -2.33. The monoisotopic (exact) mass is 468 g/mol. The predicted molar refractivity (Wildman–Crippen MR) is 141 cm³/mol. The number of nitrogens with zero attached hydrogens (tertiary/aromatic N) is 2. The van der Waals surface area contributed by atoms with E-state index in [0.717, 1.165) is 16.5 Å². The van der Waals surface area contributed by atoms with Crippen LogP contribution in [0.4, 0.5) is 5.69 Å². The van der Waals surface area contributed by atoms with Crippen molar-refractivity contribution < 1.29 is 14.4 Å². The Bertz CT molecular complexity index is 1680. The highest BCUT2D eigenvalue weighted by atomic mass is 16.2. The molecule has 0 atom stereocenters. The number of fused-ring (bicyclic) bond motifs is 2. The fraction of sp³-hybridized carbons (Fsp3) is 0. The van der Waals surface area contributed by atoms with Gasteiger partial charge in [-0.3, -0.25) is 19.0 Å². The van der Waals surface area contributed by atoms with E-state index in [0.29, 0.717) is 28.0 Å². The van der Waals surface area contributed by atoms with E-state index >= 15 is 0 Å². The largest absolute Gasteiger partial charge is 0.283 e. The molecule has 2 heterocycles. The lowest BCUT2D eigenvalue weighted by atomic mass is 10.0. The molecule has 0 bridgehead atoms. The molecule has 1 aliphatic rings. The van der Waals surface area contributed by atoms with E-state index in [4.69, 9.17) is 0 Å². The van der Waals surface area contributed by atoms with Crippen molar-refractivity contribution >= 4 is 46.0 Å². The number of imide groups is 1. The fourth-order valence-corrected chi connectivity index (χ4v) is 4.66. The first-order valence-electron chi connectivity index (χ1n) is 11.6. The summed E-state index contributed by atoms with van der Waals surface area (Å²) in [6, 6.07) is 32.7. The molecule has 0 unspecified atom stereocenters.